The molecule has 0 atom stereocenters. The molecule has 0 unspecified atom stereocenters. The maximum absolute atomic E-state index is 6.16. The zero-order valence-electron chi connectivity index (χ0n) is 2.65. The summed E-state index contributed by atoms with van der Waals surface area (Å²) in [5.74, 6) is 0. The van der Waals surface area contributed by atoms with Gasteiger partial charge in [-0.15, -0.1) is 0 Å². The van der Waals surface area contributed by atoms with Crippen LogP contribution in [0.2, 0.25) is 5.52 Å². The fourth-order valence-electron chi connectivity index (χ4n) is 0. The van der Waals surface area contributed by atoms with Gasteiger partial charge in [0.05, 0.1) is 0 Å². The quantitative estimate of drug-likeness (QED) is 0.386. The van der Waals surface area contributed by atoms with Crippen molar-refractivity contribution in [2.24, 2.45) is 3.86 Å². The number of hydrogen-bond donors (Lipinski definition) is 1. The molecule has 2 nitrogen and oxygen atoms in total. The second-order valence-corrected chi connectivity index (χ2v) is 2.46. The molecule has 0 amide bonds. The van der Waals surface area contributed by atoms with E-state index in [1.54, 1.807) is 0 Å². The van der Waals surface area contributed by atoms with E-state index in [-0.39, 0.29) is 0 Å². The van der Waals surface area contributed by atoms with Crippen molar-refractivity contribution in [1.29, 1.82) is 5.53 Å². The summed E-state index contributed by atoms with van der Waals surface area (Å²) in [5, 5.41) is 0. The van der Waals surface area contributed by atoms with Gasteiger partial charge in [-0.05, 0) is 0 Å². The van der Waals surface area contributed by atoms with E-state index in [0.717, 1.165) is 0 Å². The molecule has 1 N–H and O–H groups in total. The van der Waals surface area contributed by atoms with Gasteiger partial charge in [0, 0.05) is 0 Å². The summed E-state index contributed by atoms with van der Waals surface area (Å²) in [7, 11) is 0. The Bertz CT molecular complexity index is 20.0. The monoisotopic (exact) mass is 108 g/mol. The van der Waals surface area contributed by atoms with Crippen LogP contribution in [0.3, 0.4) is 0 Å². The van der Waals surface area contributed by atoms with E-state index in [2.05, 4.69) is 3.86 Å². The third-order valence-electron chi connectivity index (χ3n) is 0.158. The van der Waals surface area contributed by atoms with Crippen molar-refractivity contribution in [3.63, 3.8) is 0 Å². The normalized spacial score (nSPS) is 4.25. The molecule has 0 aromatic heterocycles. The number of hydrogen-bond acceptors (Lipinski definition) is 2. The van der Waals surface area contributed by atoms with E-state index in [9.17, 15) is 0 Å². The molecule has 4 heavy (non-hydrogen) atoms. The Morgan fingerprint density at radius 3 is 2.25 bits per heavy atom. The molecule has 0 fully saturated rings. The Labute approximate surface area is 33.0 Å². The van der Waals surface area contributed by atoms with E-state index in [1.165, 1.54) is 0 Å². The number of nitrogens with one attached hydrogen (secondary N) is 1. The van der Waals surface area contributed by atoms with Gasteiger partial charge in [-0.2, -0.15) is 0 Å². The van der Waals surface area contributed by atoms with Crippen molar-refractivity contribution in [2.45, 2.75) is 5.52 Å². The van der Waals surface area contributed by atoms with Crippen LogP contribution >= 0.6 is 0 Å². The Hall–Kier alpha value is 0.223. The zero-order valence-corrected chi connectivity index (χ0v) is 5.62. The Kier molecular flexibility index (Phi) is 3.40. The van der Waals surface area contributed by atoms with Crippen LogP contribution < -0.4 is 0 Å². The molecule has 20 valence electrons. The Morgan fingerprint density at radius 2 is 2.25 bits per heavy atom. The van der Waals surface area contributed by atoms with Gasteiger partial charge in [0.25, 0.3) is 0 Å². The third-order valence-corrected chi connectivity index (χ3v) is 0.822. The molecule has 0 aliphatic rings. The van der Waals surface area contributed by atoms with Crippen LogP contribution in [-0.2, 0) is 17.4 Å². The second-order valence-electron chi connectivity index (χ2n) is 0.474. The molecular formula is CH4N2Zn. The van der Waals surface area contributed by atoms with Crippen LogP contribution in [0.25, 0.3) is 0 Å². The zero-order chi connectivity index (χ0) is 3.41. The molecule has 0 saturated heterocycles. The van der Waals surface area contributed by atoms with Crippen molar-refractivity contribution in [1.82, 2.24) is 0 Å². The van der Waals surface area contributed by atoms with Gasteiger partial charge in [-0.3, -0.25) is 0 Å². The van der Waals surface area contributed by atoms with Crippen molar-refractivity contribution < 1.29 is 17.4 Å². The SMILES string of the molecule is [CH3][Zn][N]=N. The van der Waals surface area contributed by atoms with Crippen molar-refractivity contribution in [2.75, 3.05) is 0 Å². The Morgan fingerprint density at radius 1 is 2.00 bits per heavy atom. The summed E-state index contributed by atoms with van der Waals surface area (Å²) in [4.78, 5) is 0. The van der Waals surface area contributed by atoms with Crippen LogP contribution in [0.5, 0.6) is 0 Å². The summed E-state index contributed by atoms with van der Waals surface area (Å²) >= 11 is -0.597. The summed E-state index contributed by atoms with van der Waals surface area (Å²) in [6.07, 6.45) is 0. The molecule has 0 aromatic rings. The summed E-state index contributed by atoms with van der Waals surface area (Å²) < 4.78 is 3.17. The minimum atomic E-state index is -0.597. The molecule has 0 aliphatic carbocycles. The molecule has 0 saturated carbocycles. The van der Waals surface area contributed by atoms with E-state index in [0.29, 0.717) is 0 Å². The first-order valence-corrected chi connectivity index (χ1v) is 5.54. The first-order chi connectivity index (χ1) is 1.91. The first-order valence-electron chi connectivity index (χ1n) is 1.25. The maximum atomic E-state index is 6.16. The second kappa shape index (κ2) is 3.22. The molecule has 0 bridgehead atoms. The van der Waals surface area contributed by atoms with E-state index < -0.39 is 17.4 Å². The van der Waals surface area contributed by atoms with Gasteiger partial charge in [0.2, 0.25) is 0 Å². The van der Waals surface area contributed by atoms with Gasteiger partial charge in [0.1, 0.15) is 0 Å². The van der Waals surface area contributed by atoms with Crippen LogP contribution in [-0.4, -0.2) is 0 Å². The van der Waals surface area contributed by atoms with Crippen molar-refractivity contribution in [3.05, 3.63) is 0 Å². The van der Waals surface area contributed by atoms with Crippen molar-refractivity contribution in [3.8, 4) is 0 Å². The Balaban J connectivity index is 2.30. The average molecular weight is 109 g/mol. The van der Waals surface area contributed by atoms with Crippen molar-refractivity contribution >= 4 is 0 Å². The van der Waals surface area contributed by atoms with Gasteiger partial charge in [0.15, 0.2) is 0 Å². The van der Waals surface area contributed by atoms with E-state index in [1.807, 2.05) is 5.52 Å². The topological polar surface area (TPSA) is 36.2 Å². The fourth-order valence-corrected chi connectivity index (χ4v) is 0. The predicted octanol–water partition coefficient (Wildman–Crippen LogP) is 1.06. The molecule has 0 spiro atoms. The van der Waals surface area contributed by atoms with E-state index >= 15 is 0 Å². The summed E-state index contributed by atoms with van der Waals surface area (Å²) in [5.41, 5.74) is 8.17. The van der Waals surface area contributed by atoms with E-state index in [4.69, 9.17) is 5.53 Å². The minimum absolute atomic E-state index is 0.597. The standard InChI is InChI=1S/CH3.HN2.Zn/c;1-2;/h1H3;1H;/q;-1;+1. The molecule has 3 heteroatoms. The summed E-state index contributed by atoms with van der Waals surface area (Å²) in [6, 6.07) is 0. The van der Waals surface area contributed by atoms with Gasteiger partial charge in [-0.25, -0.2) is 0 Å². The van der Waals surface area contributed by atoms with Crippen LogP contribution in [0, 0.1) is 5.53 Å². The van der Waals surface area contributed by atoms with Crippen LogP contribution in [0.1, 0.15) is 0 Å². The molecular weight excluding hydrogens is 105 g/mol. The molecule has 0 radical (unpaired) electrons. The molecule has 0 rings (SSSR count). The molecule has 0 heterocycles. The molecule has 0 aliphatic heterocycles. The van der Waals surface area contributed by atoms with Crippen LogP contribution in [0.15, 0.2) is 3.86 Å². The average Bonchev–Trinajstić information content (AvgIpc) is 1.37. The van der Waals surface area contributed by atoms with Crippen LogP contribution in [0.4, 0.5) is 0 Å². The summed E-state index contributed by atoms with van der Waals surface area (Å²) in [6.45, 7) is 0. The van der Waals surface area contributed by atoms with Gasteiger partial charge in [-0.1, -0.05) is 0 Å². The molecule has 0 aromatic carbocycles. The fraction of sp³-hybridized carbons (Fsp3) is 1.00. The predicted molar refractivity (Wildman–Crippen MR) is 11.0 cm³/mol. The third kappa shape index (κ3) is 2.22. The number of nitrogens with zero attached hydrogens (tertiary/aromatic N) is 1. The first kappa shape index (κ1) is 4.22. The van der Waals surface area contributed by atoms with Gasteiger partial charge < -0.3 is 0 Å². The van der Waals surface area contributed by atoms with Gasteiger partial charge >= 0.3 is 32.3 Å². The number of rotatable bonds is 1.